The van der Waals surface area contributed by atoms with Crippen molar-refractivity contribution < 1.29 is 4.79 Å². The molecule has 0 fully saturated rings. The number of para-hydroxylation sites is 1. The molecule has 3 nitrogen and oxygen atoms in total. The summed E-state index contributed by atoms with van der Waals surface area (Å²) in [4.78, 5) is 17.8. The monoisotopic (exact) mass is 480 g/mol. The number of carbonyl (C=O) groups excluding carboxylic acids is 1. The van der Waals surface area contributed by atoms with Gasteiger partial charge in [0, 0.05) is 27.8 Å². The topological polar surface area (TPSA) is 42.0 Å². The van der Waals surface area contributed by atoms with Gasteiger partial charge >= 0.3 is 0 Å². The van der Waals surface area contributed by atoms with Crippen LogP contribution in [-0.4, -0.2) is 22.4 Å². The Bertz CT molecular complexity index is 986. The van der Waals surface area contributed by atoms with E-state index in [2.05, 4.69) is 37.6 Å². The highest BCUT2D eigenvalue weighted by Gasteiger charge is 2.18. The number of unbranched alkanes of at least 4 members (excludes halogenated alkanes) is 2. The fraction of sp³-hybridized carbons (Fsp3) is 0.429. The van der Waals surface area contributed by atoms with Gasteiger partial charge in [0.1, 0.15) is 5.69 Å². The molecule has 0 bridgehead atoms. The maximum absolute atomic E-state index is 13.0. The fourth-order valence-corrected chi connectivity index (χ4v) is 5.46. The summed E-state index contributed by atoms with van der Waals surface area (Å²) in [5.74, 6) is 0.318. The van der Waals surface area contributed by atoms with Crippen LogP contribution in [0.3, 0.4) is 0 Å². The van der Waals surface area contributed by atoms with Gasteiger partial charge in [-0.15, -0.1) is 11.3 Å². The van der Waals surface area contributed by atoms with Crippen LogP contribution < -0.4 is 5.32 Å². The van der Waals surface area contributed by atoms with Crippen molar-refractivity contribution in [2.24, 2.45) is 0 Å². The number of benzene rings is 2. The third kappa shape index (κ3) is 7.72. The van der Waals surface area contributed by atoms with Gasteiger partial charge in [-0.2, -0.15) is 11.8 Å². The summed E-state index contributed by atoms with van der Waals surface area (Å²) in [5.41, 5.74) is 3.43. The Morgan fingerprint density at radius 2 is 1.73 bits per heavy atom. The molecule has 0 saturated carbocycles. The Balaban J connectivity index is 1.62. The second-order valence-electron chi connectivity index (χ2n) is 8.61. The Labute approximate surface area is 207 Å². The summed E-state index contributed by atoms with van der Waals surface area (Å²) in [6.07, 6.45) is 10.7. The Morgan fingerprint density at radius 1 is 1.00 bits per heavy atom. The summed E-state index contributed by atoms with van der Waals surface area (Å²) in [7, 11) is 0. The second kappa shape index (κ2) is 13.6. The molecule has 1 amide bonds. The van der Waals surface area contributed by atoms with Crippen molar-refractivity contribution in [2.45, 2.75) is 70.0 Å². The normalized spacial score (nSPS) is 12.9. The molecule has 5 heteroatoms. The third-order valence-electron chi connectivity index (χ3n) is 6.07. The largest absolute Gasteiger partial charge is 0.320 e. The van der Waals surface area contributed by atoms with E-state index in [0.717, 1.165) is 46.3 Å². The van der Waals surface area contributed by atoms with Crippen molar-refractivity contribution in [3.05, 3.63) is 70.7 Å². The molecule has 33 heavy (non-hydrogen) atoms. The van der Waals surface area contributed by atoms with Gasteiger partial charge in [0.25, 0.3) is 5.91 Å². The summed E-state index contributed by atoms with van der Waals surface area (Å²) >= 11 is 3.59. The number of hydrogen-bond acceptors (Lipinski definition) is 4. The summed E-state index contributed by atoms with van der Waals surface area (Å²) < 4.78 is 0. The predicted molar refractivity (Wildman–Crippen MR) is 146 cm³/mol. The fourth-order valence-electron chi connectivity index (χ4n) is 4.08. The average molecular weight is 481 g/mol. The van der Waals surface area contributed by atoms with Crippen molar-refractivity contribution in [1.82, 2.24) is 4.98 Å². The molecule has 1 heterocycles. The summed E-state index contributed by atoms with van der Waals surface area (Å²) in [5, 5.41) is 6.86. The van der Waals surface area contributed by atoms with Crippen molar-refractivity contribution in [3.8, 4) is 11.1 Å². The third-order valence-corrected chi connectivity index (χ3v) is 8.11. The zero-order chi connectivity index (χ0) is 23.5. The van der Waals surface area contributed by atoms with E-state index in [1.165, 1.54) is 25.7 Å². The molecule has 0 aliphatic carbocycles. The Morgan fingerprint density at radius 3 is 2.48 bits per heavy atom. The van der Waals surface area contributed by atoms with Gasteiger partial charge in [-0.25, -0.2) is 4.98 Å². The summed E-state index contributed by atoms with van der Waals surface area (Å²) in [6, 6.07) is 18.1. The molecule has 0 radical (unpaired) electrons. The van der Waals surface area contributed by atoms with Crippen LogP contribution in [0.15, 0.2) is 60.0 Å². The molecule has 1 aromatic heterocycles. The van der Waals surface area contributed by atoms with E-state index in [4.69, 9.17) is 4.98 Å². The van der Waals surface area contributed by atoms with E-state index in [1.54, 1.807) is 11.3 Å². The first kappa shape index (κ1) is 25.5. The number of thioether (sulfide) groups is 1. The molecule has 0 saturated heterocycles. The average Bonchev–Trinajstić information content (AvgIpc) is 3.34. The van der Waals surface area contributed by atoms with Gasteiger partial charge in [-0.1, -0.05) is 88.1 Å². The maximum atomic E-state index is 13.0. The number of nitrogens with zero attached hydrogens (tertiary/aromatic N) is 1. The van der Waals surface area contributed by atoms with Crippen molar-refractivity contribution in [2.75, 3.05) is 11.6 Å². The molecule has 3 aromatic rings. The quantitative estimate of drug-likeness (QED) is 0.249. The molecule has 0 aliphatic rings. The van der Waals surface area contributed by atoms with Crippen LogP contribution >= 0.6 is 23.1 Å². The van der Waals surface area contributed by atoms with Gasteiger partial charge in [0.05, 0.1) is 5.01 Å². The highest BCUT2D eigenvalue weighted by molar-refractivity contribution is 7.99. The highest BCUT2D eigenvalue weighted by Crippen LogP contribution is 2.31. The van der Waals surface area contributed by atoms with Crippen LogP contribution in [0.1, 0.15) is 80.2 Å². The van der Waals surface area contributed by atoms with Crippen molar-refractivity contribution in [1.29, 1.82) is 0 Å². The molecule has 2 atom stereocenters. The SMILES string of the molecule is CCCC(CCCCCC(C)SC)c1nc(C(=O)Nc2ccccc2-c2ccccc2)cs1. The number of aromatic nitrogens is 1. The predicted octanol–water partition coefficient (Wildman–Crippen LogP) is 8.65. The first-order chi connectivity index (χ1) is 16.1. The van der Waals surface area contributed by atoms with Gasteiger partial charge in [-0.05, 0) is 37.1 Å². The molecular formula is C28H36N2OS2. The Hall–Kier alpha value is -2.11. The molecular weight excluding hydrogens is 444 g/mol. The highest BCUT2D eigenvalue weighted by atomic mass is 32.2. The van der Waals surface area contributed by atoms with Crippen LogP contribution in [0.2, 0.25) is 0 Å². The van der Waals surface area contributed by atoms with E-state index in [-0.39, 0.29) is 5.91 Å². The zero-order valence-electron chi connectivity index (χ0n) is 20.0. The van der Waals surface area contributed by atoms with Crippen LogP contribution in [0, 0.1) is 0 Å². The van der Waals surface area contributed by atoms with Crippen LogP contribution in [0.25, 0.3) is 11.1 Å². The smallest absolute Gasteiger partial charge is 0.275 e. The van der Waals surface area contributed by atoms with E-state index in [9.17, 15) is 4.79 Å². The first-order valence-corrected chi connectivity index (χ1v) is 14.2. The number of anilines is 1. The minimum Gasteiger partial charge on any atom is -0.320 e. The molecule has 2 unspecified atom stereocenters. The van der Waals surface area contributed by atoms with Crippen LogP contribution in [-0.2, 0) is 0 Å². The number of carbonyl (C=O) groups is 1. The maximum Gasteiger partial charge on any atom is 0.275 e. The molecule has 3 rings (SSSR count). The van der Waals surface area contributed by atoms with E-state index < -0.39 is 0 Å². The molecule has 0 aliphatic heterocycles. The number of nitrogens with one attached hydrogen (secondary N) is 1. The summed E-state index contributed by atoms with van der Waals surface area (Å²) in [6.45, 7) is 4.54. The van der Waals surface area contributed by atoms with E-state index in [1.807, 2.05) is 59.6 Å². The number of hydrogen-bond donors (Lipinski definition) is 1. The number of rotatable bonds is 13. The zero-order valence-corrected chi connectivity index (χ0v) is 21.7. The van der Waals surface area contributed by atoms with Crippen molar-refractivity contribution >= 4 is 34.7 Å². The van der Waals surface area contributed by atoms with Gasteiger partial charge in [0.2, 0.25) is 0 Å². The number of thiazole rings is 1. The van der Waals surface area contributed by atoms with Crippen molar-refractivity contribution in [3.63, 3.8) is 0 Å². The molecule has 0 spiro atoms. The molecule has 176 valence electrons. The lowest BCUT2D eigenvalue weighted by molar-refractivity contribution is 0.102. The van der Waals surface area contributed by atoms with Crippen LogP contribution in [0.5, 0.6) is 0 Å². The van der Waals surface area contributed by atoms with Gasteiger partial charge < -0.3 is 5.32 Å². The number of amides is 1. The standard InChI is InChI=1S/C28H36N2OS2/c1-4-13-23(17-10-5-7-14-21(2)32-3)28-30-26(20-33-28)27(31)29-25-19-12-11-18-24(25)22-15-8-6-9-16-22/h6,8-9,11-12,15-16,18-21,23H,4-5,7,10,13-14,17H2,1-3H3,(H,29,31). The lowest BCUT2D eigenvalue weighted by Crippen LogP contribution is -2.13. The minimum atomic E-state index is -0.137. The van der Waals surface area contributed by atoms with Gasteiger partial charge in [0.15, 0.2) is 0 Å². The molecule has 2 aromatic carbocycles. The van der Waals surface area contributed by atoms with E-state index in [0.29, 0.717) is 11.6 Å². The lowest BCUT2D eigenvalue weighted by Gasteiger charge is -2.14. The second-order valence-corrected chi connectivity index (χ2v) is 10.8. The van der Waals surface area contributed by atoms with Gasteiger partial charge in [-0.3, -0.25) is 4.79 Å². The first-order valence-electron chi connectivity index (χ1n) is 12.1. The van der Waals surface area contributed by atoms with E-state index >= 15 is 0 Å². The molecule has 1 N–H and O–H groups in total. The lowest BCUT2D eigenvalue weighted by atomic mass is 9.96. The Kier molecular flexibility index (Phi) is 10.5. The van der Waals surface area contributed by atoms with Crippen LogP contribution in [0.4, 0.5) is 5.69 Å². The minimum absolute atomic E-state index is 0.137.